The molecule has 1 aliphatic rings. The first kappa shape index (κ1) is 23.3. The van der Waals surface area contributed by atoms with Crippen LogP contribution in [0.4, 0.5) is 0 Å². The van der Waals surface area contributed by atoms with E-state index in [9.17, 15) is 28.6 Å². The second kappa shape index (κ2) is 11.9. The number of nitrogens with zero attached hydrogens (tertiary/aromatic N) is 2. The number of carbonyl (C=O) groups is 4. The van der Waals surface area contributed by atoms with Crippen LogP contribution in [-0.2, 0) is 30.4 Å². The molecule has 10 nitrogen and oxygen atoms in total. The molecule has 1 rings (SSSR count). The number of nitrogens with one attached hydrogen (secondary N) is 1. The van der Waals surface area contributed by atoms with E-state index >= 15 is 0 Å². The first-order chi connectivity index (χ1) is 12.8. The van der Waals surface area contributed by atoms with E-state index in [1.807, 2.05) is 4.83 Å². The van der Waals surface area contributed by atoms with Gasteiger partial charge in [0, 0.05) is 12.8 Å². The van der Waals surface area contributed by atoms with Gasteiger partial charge in [-0.15, -0.1) is 4.83 Å². The van der Waals surface area contributed by atoms with Crippen LogP contribution < -0.4 is 4.83 Å². The lowest BCUT2D eigenvalue weighted by Gasteiger charge is -2.21. The molecule has 1 saturated heterocycles. The van der Waals surface area contributed by atoms with Crippen molar-refractivity contribution in [1.29, 1.82) is 0 Å². The second-order valence-electron chi connectivity index (χ2n) is 6.46. The van der Waals surface area contributed by atoms with Crippen LogP contribution in [0.25, 0.3) is 0 Å². The van der Waals surface area contributed by atoms with E-state index < -0.39 is 53.7 Å². The highest BCUT2D eigenvalue weighted by Crippen LogP contribution is 2.19. The maximum atomic E-state index is 12.2. The molecule has 27 heavy (non-hydrogen) atoms. The Morgan fingerprint density at radius 3 is 2.30 bits per heavy atom. The lowest BCUT2D eigenvalue weighted by Crippen LogP contribution is -2.48. The number of ketones is 1. The van der Waals surface area contributed by atoms with E-state index in [0.717, 1.165) is 32.1 Å². The third kappa shape index (κ3) is 7.83. The molecule has 3 N–H and O–H groups in total. The molecule has 2 unspecified atom stereocenters. The summed E-state index contributed by atoms with van der Waals surface area (Å²) in [6.45, 7) is 1.47. The number of imide groups is 1. The van der Waals surface area contributed by atoms with Gasteiger partial charge in [0.05, 0.1) is 6.54 Å². The minimum absolute atomic E-state index is 0.0783. The summed E-state index contributed by atoms with van der Waals surface area (Å²) in [7, 11) is 0. The Hall–Kier alpha value is -1.69. The van der Waals surface area contributed by atoms with Crippen LogP contribution in [0.5, 0.6) is 0 Å². The monoisotopic (exact) mass is 405 g/mol. The molecule has 1 fully saturated rings. The first-order valence-corrected chi connectivity index (χ1v) is 10.1. The van der Waals surface area contributed by atoms with Gasteiger partial charge < -0.3 is 0 Å². The summed E-state index contributed by atoms with van der Waals surface area (Å²) in [5.41, 5.74) is 0. The Morgan fingerprint density at radius 2 is 1.78 bits per heavy atom. The zero-order chi connectivity index (χ0) is 20.4. The molecule has 0 aliphatic carbocycles. The lowest BCUT2D eigenvalue weighted by atomic mass is 10.0. The van der Waals surface area contributed by atoms with Gasteiger partial charge in [-0.05, 0) is 6.42 Å². The van der Waals surface area contributed by atoms with Crippen molar-refractivity contribution in [2.75, 3.05) is 6.54 Å². The van der Waals surface area contributed by atoms with Crippen LogP contribution in [-0.4, -0.2) is 54.1 Å². The Kier molecular flexibility index (Phi) is 10.3. The van der Waals surface area contributed by atoms with E-state index in [1.165, 1.54) is 6.42 Å². The van der Waals surface area contributed by atoms with E-state index in [4.69, 9.17) is 4.55 Å². The van der Waals surface area contributed by atoms with Crippen molar-refractivity contribution in [3.63, 3.8) is 0 Å². The fourth-order valence-corrected chi connectivity index (χ4v) is 3.13. The van der Waals surface area contributed by atoms with Gasteiger partial charge in [-0.25, -0.2) is 4.21 Å². The molecular formula is C16H27N3O7S. The summed E-state index contributed by atoms with van der Waals surface area (Å²) in [6, 6.07) is 0. The number of rotatable bonds is 13. The molecule has 0 radical (unpaired) electrons. The van der Waals surface area contributed by atoms with E-state index in [0.29, 0.717) is 11.4 Å². The van der Waals surface area contributed by atoms with Crippen molar-refractivity contribution < 1.29 is 33.1 Å². The molecular weight excluding hydrogens is 378 g/mol. The second-order valence-corrected chi connectivity index (χ2v) is 7.14. The van der Waals surface area contributed by atoms with Crippen molar-refractivity contribution in [2.24, 2.45) is 5.92 Å². The van der Waals surface area contributed by atoms with Crippen LogP contribution in [0, 0.1) is 5.92 Å². The summed E-state index contributed by atoms with van der Waals surface area (Å²) in [4.78, 5) is 49.3. The van der Waals surface area contributed by atoms with Gasteiger partial charge in [-0.2, -0.15) is 5.06 Å². The summed E-state index contributed by atoms with van der Waals surface area (Å²) in [5, 5.41) is 9.76. The molecule has 0 spiro atoms. The standard InChI is InChI=1S/C16H27N3O7S/c1-2-3-4-5-6-7-8-9-14(21)18(17-27(25)26)11-13(20)12-10-15(22)19(24)16(12)23/h12,17,24H,2-11H2,1H3,(H,25,26). The van der Waals surface area contributed by atoms with Crippen LogP contribution in [0.15, 0.2) is 0 Å². The third-order valence-electron chi connectivity index (χ3n) is 4.31. The Balaban J connectivity index is 2.51. The minimum atomic E-state index is -2.58. The predicted molar refractivity (Wildman–Crippen MR) is 95.0 cm³/mol. The number of Topliss-reactive ketones (excluding diaryl/α,β-unsaturated/α-hetero) is 1. The Bertz CT molecular complexity index is 584. The Labute approximate surface area is 160 Å². The summed E-state index contributed by atoms with van der Waals surface area (Å²) in [5.74, 6) is -4.72. The SMILES string of the molecule is CCCCCCCCCC(=O)N(CC(=O)C1CC(=O)N(O)C1=O)NS(=O)O. The number of hydroxylamine groups is 2. The maximum Gasteiger partial charge on any atom is 0.264 e. The highest BCUT2D eigenvalue weighted by molar-refractivity contribution is 7.77. The molecule has 3 amide bonds. The highest BCUT2D eigenvalue weighted by atomic mass is 32.2. The molecule has 11 heteroatoms. The number of hydrogen-bond acceptors (Lipinski definition) is 6. The number of hydrazine groups is 1. The van der Waals surface area contributed by atoms with Gasteiger partial charge in [-0.3, -0.25) is 33.9 Å². The van der Waals surface area contributed by atoms with Crippen LogP contribution in [0.2, 0.25) is 0 Å². The van der Waals surface area contributed by atoms with Crippen molar-refractivity contribution in [1.82, 2.24) is 14.9 Å². The van der Waals surface area contributed by atoms with Crippen molar-refractivity contribution in [3.8, 4) is 0 Å². The van der Waals surface area contributed by atoms with Crippen molar-refractivity contribution >= 4 is 34.8 Å². The first-order valence-electron chi connectivity index (χ1n) is 9.03. The van der Waals surface area contributed by atoms with Crippen LogP contribution >= 0.6 is 0 Å². The average Bonchev–Trinajstić information content (AvgIpc) is 2.87. The van der Waals surface area contributed by atoms with Crippen molar-refractivity contribution in [3.05, 3.63) is 0 Å². The molecule has 0 aromatic rings. The molecule has 2 atom stereocenters. The molecule has 0 aromatic heterocycles. The molecule has 0 bridgehead atoms. The fourth-order valence-electron chi connectivity index (χ4n) is 2.77. The number of amides is 3. The van der Waals surface area contributed by atoms with Gasteiger partial charge >= 0.3 is 0 Å². The third-order valence-corrected chi connectivity index (χ3v) is 4.68. The largest absolute Gasteiger partial charge is 0.297 e. The number of carbonyl (C=O) groups excluding carboxylic acids is 4. The van der Waals surface area contributed by atoms with Crippen molar-refractivity contribution in [2.45, 2.75) is 64.7 Å². The Morgan fingerprint density at radius 1 is 1.19 bits per heavy atom. The van der Waals surface area contributed by atoms with Crippen LogP contribution in [0.1, 0.15) is 64.7 Å². The van der Waals surface area contributed by atoms with E-state index in [-0.39, 0.29) is 11.5 Å². The molecule has 0 aromatic carbocycles. The summed E-state index contributed by atoms with van der Waals surface area (Å²) < 4.78 is 20.0. The maximum absolute atomic E-state index is 12.2. The van der Waals surface area contributed by atoms with Gasteiger partial charge in [0.15, 0.2) is 5.78 Å². The quantitative estimate of drug-likeness (QED) is 0.103. The zero-order valence-electron chi connectivity index (χ0n) is 15.4. The molecule has 1 heterocycles. The molecule has 0 saturated carbocycles. The highest BCUT2D eigenvalue weighted by Gasteiger charge is 2.43. The predicted octanol–water partition coefficient (Wildman–Crippen LogP) is 0.930. The van der Waals surface area contributed by atoms with Gasteiger partial charge in [0.1, 0.15) is 5.92 Å². The van der Waals surface area contributed by atoms with E-state index in [1.54, 1.807) is 0 Å². The van der Waals surface area contributed by atoms with Crippen LogP contribution in [0.3, 0.4) is 0 Å². The topological polar surface area (TPSA) is 144 Å². The zero-order valence-corrected chi connectivity index (χ0v) is 16.2. The fraction of sp³-hybridized carbons (Fsp3) is 0.750. The van der Waals surface area contributed by atoms with Gasteiger partial charge in [0.2, 0.25) is 5.91 Å². The number of hydrogen-bond donors (Lipinski definition) is 3. The van der Waals surface area contributed by atoms with Gasteiger partial charge in [-0.1, -0.05) is 45.4 Å². The van der Waals surface area contributed by atoms with E-state index in [2.05, 4.69) is 6.92 Å². The molecule has 1 aliphatic heterocycles. The minimum Gasteiger partial charge on any atom is -0.297 e. The summed E-state index contributed by atoms with van der Waals surface area (Å²) >= 11 is -2.58. The van der Waals surface area contributed by atoms with Gasteiger partial charge in [0.25, 0.3) is 23.1 Å². The average molecular weight is 405 g/mol. The smallest absolute Gasteiger partial charge is 0.264 e. The summed E-state index contributed by atoms with van der Waals surface area (Å²) in [6.07, 6.45) is 6.52. The normalized spacial score (nSPS) is 18.0. The molecule has 154 valence electrons. The lowest BCUT2D eigenvalue weighted by molar-refractivity contribution is -0.172. The number of unbranched alkanes of at least 4 members (excludes halogenated alkanes) is 6.